The molecule has 0 N–H and O–H groups in total. The van der Waals surface area contributed by atoms with Gasteiger partial charge in [0.15, 0.2) is 11.5 Å². The minimum absolute atomic E-state index is 0.0524. The van der Waals surface area contributed by atoms with Gasteiger partial charge in [-0.05, 0) is 48.5 Å². The number of nitriles is 1. The lowest BCUT2D eigenvalue weighted by Crippen LogP contribution is -2.28. The van der Waals surface area contributed by atoms with Crippen LogP contribution in [-0.2, 0) is 11.4 Å². The Morgan fingerprint density at radius 1 is 1.17 bits per heavy atom. The van der Waals surface area contributed by atoms with Gasteiger partial charge in [-0.2, -0.15) is 5.26 Å². The molecule has 1 fully saturated rings. The second kappa shape index (κ2) is 9.69. The van der Waals surface area contributed by atoms with E-state index >= 15 is 0 Å². The van der Waals surface area contributed by atoms with E-state index in [9.17, 15) is 14.9 Å². The van der Waals surface area contributed by atoms with E-state index in [0.29, 0.717) is 34.1 Å². The van der Waals surface area contributed by atoms with Crippen LogP contribution in [0.5, 0.6) is 11.5 Å². The highest BCUT2D eigenvalue weighted by Crippen LogP contribution is 2.34. The molecule has 2 aromatic carbocycles. The molecular weight excluding hydrogens is 400 g/mol. The SMILES string of the molecule is C#CCN1C(=O)S/C(=C/c2ccc(OCc3ccccc3C#N)c(OCC)c2)C1=O. The molecule has 30 heavy (non-hydrogen) atoms. The fourth-order valence-electron chi connectivity index (χ4n) is 2.79. The molecule has 1 saturated heterocycles. The molecule has 2 amide bonds. The van der Waals surface area contributed by atoms with E-state index in [1.807, 2.05) is 19.1 Å². The number of carbonyl (C=O) groups is 2. The highest BCUT2D eigenvalue weighted by Gasteiger charge is 2.34. The van der Waals surface area contributed by atoms with E-state index in [4.69, 9.17) is 15.9 Å². The largest absolute Gasteiger partial charge is 0.490 e. The Balaban J connectivity index is 1.82. The van der Waals surface area contributed by atoms with Gasteiger partial charge in [-0.1, -0.05) is 30.2 Å². The molecular formula is C23H18N2O4S. The first-order chi connectivity index (χ1) is 14.6. The molecule has 6 nitrogen and oxygen atoms in total. The number of amides is 2. The Morgan fingerprint density at radius 3 is 2.70 bits per heavy atom. The van der Waals surface area contributed by atoms with E-state index in [1.54, 1.807) is 36.4 Å². The summed E-state index contributed by atoms with van der Waals surface area (Å²) >= 11 is 0.852. The number of hydrogen-bond acceptors (Lipinski definition) is 6. The van der Waals surface area contributed by atoms with Crippen molar-refractivity contribution in [2.75, 3.05) is 13.2 Å². The molecule has 3 rings (SSSR count). The number of ether oxygens (including phenoxy) is 2. The maximum atomic E-state index is 12.3. The third-order valence-corrected chi connectivity index (χ3v) is 5.12. The molecule has 2 aromatic rings. The van der Waals surface area contributed by atoms with Crippen LogP contribution in [0.1, 0.15) is 23.6 Å². The maximum absolute atomic E-state index is 12.3. The smallest absolute Gasteiger partial charge is 0.294 e. The standard InChI is InChI=1S/C23H18N2O4S/c1-3-11-25-22(26)21(30-23(25)27)13-16-9-10-19(20(12-16)28-4-2)29-15-18-8-6-5-7-17(18)14-24/h1,5-10,12-13H,4,11,15H2,2H3/b21-13+. The monoisotopic (exact) mass is 418 g/mol. The number of benzene rings is 2. The highest BCUT2D eigenvalue weighted by atomic mass is 32.2. The lowest BCUT2D eigenvalue weighted by Gasteiger charge is -2.13. The van der Waals surface area contributed by atoms with Crippen LogP contribution in [-0.4, -0.2) is 29.2 Å². The first-order valence-corrected chi connectivity index (χ1v) is 9.95. The van der Waals surface area contributed by atoms with Gasteiger partial charge in [0, 0.05) is 5.56 Å². The zero-order valence-corrected chi connectivity index (χ0v) is 17.1. The van der Waals surface area contributed by atoms with Crippen LogP contribution in [0.4, 0.5) is 4.79 Å². The van der Waals surface area contributed by atoms with Crippen LogP contribution in [0, 0.1) is 23.7 Å². The average molecular weight is 418 g/mol. The fraction of sp³-hybridized carbons (Fsp3) is 0.174. The summed E-state index contributed by atoms with van der Waals surface area (Å²) in [6, 6.07) is 14.6. The second-order valence-electron chi connectivity index (χ2n) is 6.17. The summed E-state index contributed by atoms with van der Waals surface area (Å²) in [7, 11) is 0. The van der Waals surface area contributed by atoms with Gasteiger partial charge in [-0.25, -0.2) is 0 Å². The molecule has 0 aromatic heterocycles. The molecule has 7 heteroatoms. The number of rotatable bonds is 7. The number of hydrogen-bond donors (Lipinski definition) is 0. The average Bonchev–Trinajstić information content (AvgIpc) is 3.01. The minimum Gasteiger partial charge on any atom is -0.490 e. The normalized spacial score (nSPS) is 14.5. The van der Waals surface area contributed by atoms with Gasteiger partial charge < -0.3 is 9.47 Å². The molecule has 150 valence electrons. The van der Waals surface area contributed by atoms with Crippen LogP contribution in [0.3, 0.4) is 0 Å². The van der Waals surface area contributed by atoms with Crippen LogP contribution in [0.15, 0.2) is 47.4 Å². The van der Waals surface area contributed by atoms with Crippen molar-refractivity contribution in [1.82, 2.24) is 4.90 Å². The number of terminal acetylenes is 1. The van der Waals surface area contributed by atoms with Gasteiger partial charge in [0.05, 0.1) is 29.7 Å². The number of thioether (sulfide) groups is 1. The van der Waals surface area contributed by atoms with Crippen molar-refractivity contribution in [2.45, 2.75) is 13.5 Å². The first kappa shape index (κ1) is 21.0. The molecule has 0 radical (unpaired) electrons. The Morgan fingerprint density at radius 2 is 1.97 bits per heavy atom. The highest BCUT2D eigenvalue weighted by molar-refractivity contribution is 8.18. The van der Waals surface area contributed by atoms with Gasteiger partial charge in [-0.15, -0.1) is 6.42 Å². The predicted molar refractivity (Wildman–Crippen MR) is 115 cm³/mol. The van der Waals surface area contributed by atoms with Gasteiger partial charge in [0.2, 0.25) is 0 Å². The Labute approximate surface area is 179 Å². The second-order valence-corrected chi connectivity index (χ2v) is 7.16. The molecule has 1 heterocycles. The quantitative estimate of drug-likeness (QED) is 0.495. The van der Waals surface area contributed by atoms with Gasteiger partial charge in [0.25, 0.3) is 11.1 Å². The van der Waals surface area contributed by atoms with Crippen molar-refractivity contribution >= 4 is 29.0 Å². The van der Waals surface area contributed by atoms with E-state index in [1.165, 1.54) is 0 Å². The molecule has 0 unspecified atom stereocenters. The predicted octanol–water partition coefficient (Wildman–Crippen LogP) is 4.21. The summed E-state index contributed by atoms with van der Waals surface area (Å²) in [5.74, 6) is 2.92. The zero-order valence-electron chi connectivity index (χ0n) is 16.3. The van der Waals surface area contributed by atoms with Crippen LogP contribution in [0.2, 0.25) is 0 Å². The summed E-state index contributed by atoms with van der Waals surface area (Å²) in [5.41, 5.74) is 2.01. The minimum atomic E-state index is -0.408. The van der Waals surface area contributed by atoms with Gasteiger partial charge >= 0.3 is 0 Å². The van der Waals surface area contributed by atoms with E-state index in [2.05, 4.69) is 12.0 Å². The van der Waals surface area contributed by atoms with Crippen molar-refractivity contribution in [2.24, 2.45) is 0 Å². The lowest BCUT2D eigenvalue weighted by atomic mass is 10.1. The third kappa shape index (κ3) is 4.65. The first-order valence-electron chi connectivity index (χ1n) is 9.13. The Hall–Kier alpha value is -3.68. The molecule has 1 aliphatic heterocycles. The van der Waals surface area contributed by atoms with Crippen molar-refractivity contribution in [3.8, 4) is 29.9 Å². The molecule has 1 aliphatic rings. The number of imide groups is 1. The maximum Gasteiger partial charge on any atom is 0.294 e. The summed E-state index contributed by atoms with van der Waals surface area (Å²) in [6.45, 7) is 2.44. The third-order valence-electron chi connectivity index (χ3n) is 4.21. The topological polar surface area (TPSA) is 79.6 Å². The number of carbonyl (C=O) groups excluding carboxylic acids is 2. The molecule has 0 spiro atoms. The molecule has 0 aliphatic carbocycles. The van der Waals surface area contributed by atoms with E-state index in [0.717, 1.165) is 22.2 Å². The van der Waals surface area contributed by atoms with Gasteiger partial charge in [-0.3, -0.25) is 14.5 Å². The summed E-state index contributed by atoms with van der Waals surface area (Å²) in [5, 5.41) is 8.83. The summed E-state index contributed by atoms with van der Waals surface area (Å²) in [4.78, 5) is 25.6. The zero-order chi connectivity index (χ0) is 21.5. The van der Waals surface area contributed by atoms with Crippen molar-refractivity contribution < 1.29 is 19.1 Å². The Kier molecular flexibility index (Phi) is 6.79. The van der Waals surface area contributed by atoms with Crippen molar-refractivity contribution in [3.05, 3.63) is 64.1 Å². The van der Waals surface area contributed by atoms with Crippen LogP contribution < -0.4 is 9.47 Å². The fourth-order valence-corrected chi connectivity index (χ4v) is 3.63. The van der Waals surface area contributed by atoms with Crippen molar-refractivity contribution in [3.63, 3.8) is 0 Å². The van der Waals surface area contributed by atoms with E-state index < -0.39 is 5.91 Å². The van der Waals surface area contributed by atoms with Gasteiger partial charge in [0.1, 0.15) is 6.61 Å². The number of nitrogens with zero attached hydrogens (tertiary/aromatic N) is 2. The van der Waals surface area contributed by atoms with Crippen LogP contribution >= 0.6 is 11.8 Å². The lowest BCUT2D eigenvalue weighted by molar-refractivity contribution is -0.122. The molecule has 0 saturated carbocycles. The molecule has 0 bridgehead atoms. The Bertz CT molecular complexity index is 1100. The van der Waals surface area contributed by atoms with Crippen molar-refractivity contribution in [1.29, 1.82) is 5.26 Å². The summed E-state index contributed by atoms with van der Waals surface area (Å²) in [6.07, 6.45) is 6.84. The molecule has 0 atom stereocenters. The summed E-state index contributed by atoms with van der Waals surface area (Å²) < 4.78 is 11.6. The van der Waals surface area contributed by atoms with E-state index in [-0.39, 0.29) is 18.4 Å². The van der Waals surface area contributed by atoms with Crippen LogP contribution in [0.25, 0.3) is 6.08 Å².